The smallest absolute Gasteiger partial charge is 0.139 e. The third-order valence-corrected chi connectivity index (χ3v) is 5.39. The van der Waals surface area contributed by atoms with E-state index >= 15 is 0 Å². The molecule has 0 amide bonds. The van der Waals surface area contributed by atoms with Gasteiger partial charge in [0.15, 0.2) is 0 Å². The number of nitrogens with zero attached hydrogens (tertiary/aromatic N) is 4. The molecular weight excluding hydrogens is 304 g/mol. The van der Waals surface area contributed by atoms with Crippen molar-refractivity contribution in [2.75, 3.05) is 23.9 Å². The standard InChI is InChI=1S/C18H20N4S/c1-13-4-6-22(7-5-13)18-16-9-14(8-15-10-19-12-23-15)2-3-17(16)20-11-21-18/h2-3,8-11,13H,4-7,12H2,1H3. The summed E-state index contributed by atoms with van der Waals surface area (Å²) in [6, 6.07) is 6.43. The third-order valence-electron chi connectivity index (χ3n) is 4.55. The van der Waals surface area contributed by atoms with Gasteiger partial charge in [0, 0.05) is 29.6 Å². The average molecular weight is 324 g/mol. The van der Waals surface area contributed by atoms with Gasteiger partial charge in [-0.05, 0) is 42.5 Å². The van der Waals surface area contributed by atoms with Crippen LogP contribution in [0.5, 0.6) is 0 Å². The summed E-state index contributed by atoms with van der Waals surface area (Å²) in [4.78, 5) is 16.9. The highest BCUT2D eigenvalue weighted by Crippen LogP contribution is 2.29. The van der Waals surface area contributed by atoms with Crippen molar-refractivity contribution < 1.29 is 0 Å². The Kier molecular flexibility index (Phi) is 4.04. The monoisotopic (exact) mass is 324 g/mol. The van der Waals surface area contributed by atoms with E-state index in [1.165, 1.54) is 23.3 Å². The number of allylic oxidation sites excluding steroid dienone is 1. The second-order valence-electron chi connectivity index (χ2n) is 6.28. The summed E-state index contributed by atoms with van der Waals surface area (Å²) < 4.78 is 0. The first-order valence-corrected chi connectivity index (χ1v) is 9.12. The molecule has 4 nitrogen and oxygen atoms in total. The summed E-state index contributed by atoms with van der Waals surface area (Å²) in [5.41, 5.74) is 2.21. The van der Waals surface area contributed by atoms with Gasteiger partial charge in [-0.1, -0.05) is 13.0 Å². The first-order chi connectivity index (χ1) is 11.3. The second-order valence-corrected chi connectivity index (χ2v) is 7.29. The molecular formula is C18H20N4S. The molecule has 0 bridgehead atoms. The Morgan fingerprint density at radius 1 is 1.22 bits per heavy atom. The Morgan fingerprint density at radius 2 is 2.09 bits per heavy atom. The van der Waals surface area contributed by atoms with Gasteiger partial charge in [0.05, 0.1) is 11.4 Å². The Balaban J connectivity index is 1.72. The third kappa shape index (κ3) is 3.11. The number of anilines is 1. The van der Waals surface area contributed by atoms with Crippen LogP contribution in [0.15, 0.2) is 34.4 Å². The van der Waals surface area contributed by atoms with Crippen LogP contribution in [0, 0.1) is 5.92 Å². The van der Waals surface area contributed by atoms with E-state index < -0.39 is 0 Å². The zero-order chi connectivity index (χ0) is 15.6. The van der Waals surface area contributed by atoms with Crippen molar-refractivity contribution in [1.82, 2.24) is 9.97 Å². The maximum atomic E-state index is 4.59. The number of aliphatic imine (C=N–C) groups is 1. The lowest BCUT2D eigenvalue weighted by atomic mass is 9.99. The lowest BCUT2D eigenvalue weighted by molar-refractivity contribution is 0.437. The molecule has 1 fully saturated rings. The number of thioether (sulfide) groups is 1. The zero-order valence-electron chi connectivity index (χ0n) is 13.3. The van der Waals surface area contributed by atoms with Gasteiger partial charge in [-0.15, -0.1) is 11.8 Å². The quantitative estimate of drug-likeness (QED) is 0.838. The normalized spacial score (nSPS) is 20.7. The fourth-order valence-corrected chi connectivity index (χ4v) is 3.81. The summed E-state index contributed by atoms with van der Waals surface area (Å²) in [6.07, 6.45) is 8.30. The largest absolute Gasteiger partial charge is 0.356 e. The number of piperidine rings is 1. The predicted molar refractivity (Wildman–Crippen MR) is 99.1 cm³/mol. The lowest BCUT2D eigenvalue weighted by Gasteiger charge is -2.31. The molecule has 2 aliphatic rings. The summed E-state index contributed by atoms with van der Waals surface area (Å²) in [5.74, 6) is 2.73. The summed E-state index contributed by atoms with van der Waals surface area (Å²) in [5, 5.41) is 1.15. The summed E-state index contributed by atoms with van der Waals surface area (Å²) in [6.45, 7) is 4.50. The number of fused-ring (bicyclic) bond motifs is 1. The molecule has 1 aromatic heterocycles. The van der Waals surface area contributed by atoms with Gasteiger partial charge in [-0.3, -0.25) is 4.99 Å². The van der Waals surface area contributed by atoms with Crippen molar-refractivity contribution in [1.29, 1.82) is 0 Å². The van der Waals surface area contributed by atoms with Crippen LogP contribution in [0.25, 0.3) is 17.0 Å². The molecule has 0 saturated carbocycles. The van der Waals surface area contributed by atoms with Crippen molar-refractivity contribution >= 4 is 40.8 Å². The second kappa shape index (κ2) is 6.32. The van der Waals surface area contributed by atoms with E-state index in [9.17, 15) is 0 Å². The minimum Gasteiger partial charge on any atom is -0.356 e. The lowest BCUT2D eigenvalue weighted by Crippen LogP contribution is -2.33. The first kappa shape index (κ1) is 14.7. The molecule has 4 rings (SSSR count). The summed E-state index contributed by atoms with van der Waals surface area (Å²) in [7, 11) is 0. The van der Waals surface area contributed by atoms with Crippen LogP contribution in [0.2, 0.25) is 0 Å². The molecule has 2 aromatic rings. The van der Waals surface area contributed by atoms with Crippen LogP contribution in [-0.4, -0.2) is 35.1 Å². The molecule has 1 saturated heterocycles. The van der Waals surface area contributed by atoms with Gasteiger partial charge >= 0.3 is 0 Å². The summed E-state index contributed by atoms with van der Waals surface area (Å²) >= 11 is 1.77. The van der Waals surface area contributed by atoms with Gasteiger partial charge in [0.2, 0.25) is 0 Å². The molecule has 1 aromatic carbocycles. The van der Waals surface area contributed by atoms with Gasteiger partial charge in [0.1, 0.15) is 12.1 Å². The Hall–Kier alpha value is -1.88. The average Bonchev–Trinajstić information content (AvgIpc) is 3.08. The van der Waals surface area contributed by atoms with Crippen LogP contribution in [-0.2, 0) is 0 Å². The molecule has 0 N–H and O–H groups in total. The van der Waals surface area contributed by atoms with Crippen LogP contribution < -0.4 is 4.90 Å². The molecule has 2 aliphatic heterocycles. The highest BCUT2D eigenvalue weighted by atomic mass is 32.2. The molecule has 0 spiro atoms. The van der Waals surface area contributed by atoms with E-state index in [0.29, 0.717) is 0 Å². The molecule has 0 aliphatic carbocycles. The van der Waals surface area contributed by atoms with Crippen molar-refractivity contribution in [3.8, 4) is 0 Å². The molecule has 3 heterocycles. The number of rotatable bonds is 2. The maximum Gasteiger partial charge on any atom is 0.139 e. The van der Waals surface area contributed by atoms with Crippen molar-refractivity contribution in [3.05, 3.63) is 35.0 Å². The van der Waals surface area contributed by atoms with Gasteiger partial charge in [-0.2, -0.15) is 0 Å². The van der Waals surface area contributed by atoms with E-state index in [4.69, 9.17) is 0 Å². The van der Waals surface area contributed by atoms with Gasteiger partial charge < -0.3 is 4.90 Å². The Bertz CT molecular complexity index is 776. The maximum absolute atomic E-state index is 4.59. The Morgan fingerprint density at radius 3 is 2.87 bits per heavy atom. The van der Waals surface area contributed by atoms with Crippen LogP contribution in [0.3, 0.4) is 0 Å². The van der Waals surface area contributed by atoms with Crippen LogP contribution in [0.4, 0.5) is 5.82 Å². The minimum atomic E-state index is 0.818. The fraction of sp³-hybridized carbons (Fsp3) is 0.389. The predicted octanol–water partition coefficient (Wildman–Crippen LogP) is 3.98. The topological polar surface area (TPSA) is 41.4 Å². The van der Waals surface area contributed by atoms with Crippen molar-refractivity contribution in [3.63, 3.8) is 0 Å². The zero-order valence-corrected chi connectivity index (χ0v) is 14.1. The molecule has 0 radical (unpaired) electrons. The molecule has 5 heteroatoms. The van der Waals surface area contributed by atoms with E-state index in [2.05, 4.69) is 51.1 Å². The van der Waals surface area contributed by atoms with Crippen molar-refractivity contribution in [2.24, 2.45) is 10.9 Å². The molecule has 0 atom stereocenters. The SMILES string of the molecule is CC1CCN(c2ncnc3ccc(C=C4C=NCS4)cc23)CC1. The van der Waals surface area contributed by atoms with Gasteiger partial charge in [-0.25, -0.2) is 9.97 Å². The number of hydrogen-bond donors (Lipinski definition) is 0. The van der Waals surface area contributed by atoms with E-state index in [1.54, 1.807) is 18.1 Å². The molecule has 118 valence electrons. The fourth-order valence-electron chi connectivity index (χ4n) is 3.14. The Labute approximate surface area is 140 Å². The van der Waals surface area contributed by atoms with E-state index in [1.807, 2.05) is 6.21 Å². The van der Waals surface area contributed by atoms with Crippen LogP contribution >= 0.6 is 11.8 Å². The van der Waals surface area contributed by atoms with Crippen LogP contribution in [0.1, 0.15) is 25.3 Å². The van der Waals surface area contributed by atoms with E-state index in [-0.39, 0.29) is 0 Å². The molecule has 23 heavy (non-hydrogen) atoms. The minimum absolute atomic E-state index is 0.818. The first-order valence-electron chi connectivity index (χ1n) is 8.13. The number of benzene rings is 1. The number of hydrogen-bond acceptors (Lipinski definition) is 5. The van der Waals surface area contributed by atoms with Crippen molar-refractivity contribution in [2.45, 2.75) is 19.8 Å². The highest BCUT2D eigenvalue weighted by molar-refractivity contribution is 8.04. The molecule has 0 unspecified atom stereocenters. The highest BCUT2D eigenvalue weighted by Gasteiger charge is 2.19. The van der Waals surface area contributed by atoms with Gasteiger partial charge in [0.25, 0.3) is 0 Å². The van der Waals surface area contributed by atoms with E-state index in [0.717, 1.165) is 41.6 Å². The number of aromatic nitrogens is 2.